The number of rotatable bonds is 4. The van der Waals surface area contributed by atoms with Crippen molar-refractivity contribution in [2.45, 2.75) is 6.54 Å². The molecule has 6 heteroatoms. The van der Waals surface area contributed by atoms with Crippen LogP contribution in [-0.2, 0) is 6.54 Å². The first-order valence-corrected chi connectivity index (χ1v) is 5.23. The van der Waals surface area contributed by atoms with Crippen molar-refractivity contribution < 1.29 is 14.0 Å². The average Bonchev–Trinajstić information content (AvgIpc) is 2.89. The summed E-state index contributed by atoms with van der Waals surface area (Å²) in [6.45, 7) is 0.295. The number of aromatic nitrogens is 1. The maximum atomic E-state index is 11.7. The maximum Gasteiger partial charge on any atom is 0.267 e. The van der Waals surface area contributed by atoms with Gasteiger partial charge in [0.15, 0.2) is 0 Å². The molecule has 0 aromatic carbocycles. The molecule has 2 aromatic heterocycles. The number of nitrogens with two attached hydrogens (primary N) is 1. The van der Waals surface area contributed by atoms with Crippen LogP contribution in [0.15, 0.2) is 41.1 Å². The fourth-order valence-corrected chi connectivity index (χ4v) is 1.36. The summed E-state index contributed by atoms with van der Waals surface area (Å²) < 4.78 is 5.08. The van der Waals surface area contributed by atoms with Crippen molar-refractivity contribution in [1.82, 2.24) is 10.3 Å². The summed E-state index contributed by atoms with van der Waals surface area (Å²) in [4.78, 5) is 26.3. The quantitative estimate of drug-likeness (QED) is 0.828. The highest BCUT2D eigenvalue weighted by Crippen LogP contribution is 2.02. The highest BCUT2D eigenvalue weighted by molar-refractivity contribution is 5.95. The van der Waals surface area contributed by atoms with Crippen LogP contribution in [0, 0.1) is 0 Å². The van der Waals surface area contributed by atoms with Crippen molar-refractivity contribution in [3.05, 3.63) is 53.7 Å². The van der Waals surface area contributed by atoms with Crippen LogP contribution in [-0.4, -0.2) is 16.8 Å². The molecule has 92 valence electrons. The van der Waals surface area contributed by atoms with E-state index in [4.69, 9.17) is 10.2 Å². The monoisotopic (exact) mass is 245 g/mol. The van der Waals surface area contributed by atoms with E-state index < -0.39 is 5.91 Å². The molecule has 0 saturated carbocycles. The van der Waals surface area contributed by atoms with Crippen LogP contribution in [0.2, 0.25) is 0 Å². The van der Waals surface area contributed by atoms with Gasteiger partial charge in [0, 0.05) is 6.20 Å². The van der Waals surface area contributed by atoms with Crippen LogP contribution in [0.25, 0.3) is 0 Å². The van der Waals surface area contributed by atoms with Crippen LogP contribution in [0.3, 0.4) is 0 Å². The Labute approximate surface area is 103 Å². The van der Waals surface area contributed by atoms with Crippen LogP contribution in [0.1, 0.15) is 26.6 Å². The minimum atomic E-state index is -0.627. The Morgan fingerprint density at radius 3 is 2.72 bits per heavy atom. The number of carbonyl (C=O) groups excluding carboxylic acids is 2. The fourth-order valence-electron chi connectivity index (χ4n) is 1.36. The van der Waals surface area contributed by atoms with Crippen molar-refractivity contribution >= 4 is 11.8 Å². The summed E-state index contributed by atoms with van der Waals surface area (Å²) in [6, 6.07) is 6.40. The predicted molar refractivity (Wildman–Crippen MR) is 62.6 cm³/mol. The Morgan fingerprint density at radius 1 is 1.33 bits per heavy atom. The molecule has 0 aliphatic carbocycles. The largest absolute Gasteiger partial charge is 0.467 e. The number of carbonyl (C=O) groups is 2. The lowest BCUT2D eigenvalue weighted by atomic mass is 10.2. The van der Waals surface area contributed by atoms with Crippen LogP contribution < -0.4 is 11.1 Å². The zero-order valence-electron chi connectivity index (χ0n) is 9.42. The molecule has 2 rings (SSSR count). The zero-order chi connectivity index (χ0) is 13.0. The third kappa shape index (κ3) is 2.73. The summed E-state index contributed by atoms with van der Waals surface area (Å²) in [5.74, 6) is -0.266. The molecule has 18 heavy (non-hydrogen) atoms. The van der Waals surface area contributed by atoms with Gasteiger partial charge in [-0.2, -0.15) is 0 Å². The SMILES string of the molecule is NC(=O)c1ccc(C(=O)NCc2ccco2)cn1. The lowest BCUT2D eigenvalue weighted by Gasteiger charge is -2.03. The average molecular weight is 245 g/mol. The first-order chi connectivity index (χ1) is 8.66. The highest BCUT2D eigenvalue weighted by Gasteiger charge is 2.08. The van der Waals surface area contributed by atoms with Crippen molar-refractivity contribution in [3.63, 3.8) is 0 Å². The number of amides is 2. The van der Waals surface area contributed by atoms with E-state index in [9.17, 15) is 9.59 Å². The molecule has 2 heterocycles. The minimum absolute atomic E-state index is 0.123. The van der Waals surface area contributed by atoms with Crippen molar-refractivity contribution in [2.75, 3.05) is 0 Å². The van der Waals surface area contributed by atoms with Crippen LogP contribution in [0.4, 0.5) is 0 Å². The summed E-state index contributed by atoms with van der Waals surface area (Å²) in [7, 11) is 0. The van der Waals surface area contributed by atoms with Crippen molar-refractivity contribution in [3.8, 4) is 0 Å². The number of furan rings is 1. The van der Waals surface area contributed by atoms with E-state index in [-0.39, 0.29) is 11.6 Å². The molecule has 3 N–H and O–H groups in total. The molecule has 0 aliphatic heterocycles. The number of pyridine rings is 1. The Hall–Kier alpha value is -2.63. The zero-order valence-corrected chi connectivity index (χ0v) is 9.42. The third-order valence-electron chi connectivity index (χ3n) is 2.28. The van der Waals surface area contributed by atoms with E-state index in [0.29, 0.717) is 17.9 Å². The molecule has 0 radical (unpaired) electrons. The Balaban J connectivity index is 1.98. The van der Waals surface area contributed by atoms with E-state index in [1.807, 2.05) is 0 Å². The molecular weight excluding hydrogens is 234 g/mol. The molecule has 0 atom stereocenters. The van der Waals surface area contributed by atoms with Gasteiger partial charge in [0.1, 0.15) is 11.5 Å². The van der Waals surface area contributed by atoms with Gasteiger partial charge in [0.2, 0.25) is 0 Å². The van der Waals surface area contributed by atoms with Gasteiger partial charge in [0.05, 0.1) is 18.4 Å². The molecule has 0 saturated heterocycles. The number of nitrogens with zero attached hydrogens (tertiary/aromatic N) is 1. The second-order valence-corrected chi connectivity index (χ2v) is 3.56. The van der Waals surface area contributed by atoms with Crippen molar-refractivity contribution in [1.29, 1.82) is 0 Å². The smallest absolute Gasteiger partial charge is 0.267 e. The van der Waals surface area contributed by atoms with Crippen LogP contribution >= 0.6 is 0 Å². The molecule has 0 unspecified atom stereocenters. The van der Waals surface area contributed by atoms with Gasteiger partial charge in [-0.1, -0.05) is 0 Å². The van der Waals surface area contributed by atoms with E-state index in [0.717, 1.165) is 0 Å². The number of hydrogen-bond donors (Lipinski definition) is 2. The second-order valence-electron chi connectivity index (χ2n) is 3.56. The molecule has 0 bridgehead atoms. The molecule has 6 nitrogen and oxygen atoms in total. The topological polar surface area (TPSA) is 98.2 Å². The number of hydrogen-bond acceptors (Lipinski definition) is 4. The van der Waals surface area contributed by atoms with Gasteiger partial charge in [-0.15, -0.1) is 0 Å². The van der Waals surface area contributed by atoms with E-state index >= 15 is 0 Å². The third-order valence-corrected chi connectivity index (χ3v) is 2.28. The van der Waals surface area contributed by atoms with Gasteiger partial charge < -0.3 is 15.5 Å². The minimum Gasteiger partial charge on any atom is -0.467 e. The standard InChI is InChI=1S/C12H11N3O3/c13-11(16)10-4-3-8(6-14-10)12(17)15-7-9-2-1-5-18-9/h1-6H,7H2,(H2,13,16)(H,15,17). The molecule has 0 spiro atoms. The first-order valence-electron chi connectivity index (χ1n) is 5.23. The molecule has 2 aromatic rings. The summed E-state index contributed by atoms with van der Waals surface area (Å²) >= 11 is 0. The van der Waals surface area contributed by atoms with Gasteiger partial charge in [-0.3, -0.25) is 14.6 Å². The van der Waals surface area contributed by atoms with Gasteiger partial charge in [0.25, 0.3) is 11.8 Å². The highest BCUT2D eigenvalue weighted by atomic mass is 16.3. The van der Waals surface area contributed by atoms with Gasteiger partial charge >= 0.3 is 0 Å². The Kier molecular flexibility index (Phi) is 3.38. The van der Waals surface area contributed by atoms with Gasteiger partial charge in [-0.25, -0.2) is 0 Å². The van der Waals surface area contributed by atoms with Gasteiger partial charge in [-0.05, 0) is 24.3 Å². The lowest BCUT2D eigenvalue weighted by molar-refractivity contribution is 0.0944. The Bertz CT molecular complexity index is 546. The fraction of sp³-hybridized carbons (Fsp3) is 0.0833. The molecule has 0 aliphatic rings. The van der Waals surface area contributed by atoms with E-state index in [2.05, 4.69) is 10.3 Å². The summed E-state index contributed by atoms with van der Waals surface area (Å²) in [5.41, 5.74) is 5.52. The normalized spacial score (nSPS) is 10.0. The first kappa shape index (κ1) is 11.8. The Morgan fingerprint density at radius 2 is 2.17 bits per heavy atom. The van der Waals surface area contributed by atoms with Crippen molar-refractivity contribution in [2.24, 2.45) is 5.73 Å². The number of nitrogens with one attached hydrogen (secondary N) is 1. The van der Waals surface area contributed by atoms with E-state index in [1.54, 1.807) is 12.1 Å². The predicted octanol–water partition coefficient (Wildman–Crippen LogP) is 0.703. The summed E-state index contributed by atoms with van der Waals surface area (Å²) in [6.07, 6.45) is 2.84. The lowest BCUT2D eigenvalue weighted by Crippen LogP contribution is -2.23. The van der Waals surface area contributed by atoms with E-state index in [1.165, 1.54) is 24.6 Å². The molecule has 0 fully saturated rings. The van der Waals surface area contributed by atoms with Crippen LogP contribution in [0.5, 0.6) is 0 Å². The summed E-state index contributed by atoms with van der Waals surface area (Å²) in [5, 5.41) is 2.66. The molecule has 2 amide bonds. The maximum absolute atomic E-state index is 11.7. The second kappa shape index (κ2) is 5.13. The number of primary amides is 1. The molecular formula is C12H11N3O3.